The summed E-state index contributed by atoms with van der Waals surface area (Å²) >= 11 is 0. The fourth-order valence-corrected chi connectivity index (χ4v) is 0.958. The molecule has 0 bridgehead atoms. The summed E-state index contributed by atoms with van der Waals surface area (Å²) in [5.41, 5.74) is 0.486. The number of nitrogens with zero attached hydrogens (tertiary/aromatic N) is 1. The second-order valence-corrected chi connectivity index (χ2v) is 2.84. The van der Waals surface area contributed by atoms with Crippen molar-refractivity contribution in [3.8, 4) is 0 Å². The number of amides is 1. The summed E-state index contributed by atoms with van der Waals surface area (Å²) in [7, 11) is 0. The monoisotopic (exact) mass is 243 g/mol. The van der Waals surface area contributed by atoms with Crippen LogP contribution < -0.4 is 17.7 Å². The van der Waals surface area contributed by atoms with Crippen molar-refractivity contribution in [2.75, 3.05) is 13.2 Å². The van der Waals surface area contributed by atoms with Crippen LogP contribution in [0.15, 0.2) is 24.5 Å². The van der Waals surface area contributed by atoms with Gasteiger partial charge in [0.25, 0.3) is 5.91 Å². The van der Waals surface area contributed by atoms with E-state index in [0.29, 0.717) is 12.1 Å². The van der Waals surface area contributed by atoms with Crippen molar-refractivity contribution >= 4 is 11.9 Å². The molecule has 0 radical (unpaired) electrons. The van der Waals surface area contributed by atoms with Crippen molar-refractivity contribution in [1.82, 2.24) is 10.3 Å². The van der Waals surface area contributed by atoms with Gasteiger partial charge in [-0.25, -0.2) is 0 Å². The Labute approximate surface area is 99.6 Å². The maximum atomic E-state index is 11.4. The molecule has 88 valence electrons. The first-order valence-corrected chi connectivity index (χ1v) is 4.52. The van der Waals surface area contributed by atoms with E-state index < -0.39 is 0 Å². The lowest BCUT2D eigenvalue weighted by atomic mass is 10.3. The number of hydrogen-bond donors (Lipinski definition) is 1. The van der Waals surface area contributed by atoms with Crippen LogP contribution in [0.5, 0.6) is 0 Å². The molecule has 1 N–H and O–H groups in total. The fraction of sp³-hybridized carbons (Fsp3) is 0.300. The number of ether oxygens (including phenoxy) is 1. The van der Waals surface area contributed by atoms with E-state index in [1.807, 2.05) is 0 Å². The highest BCUT2D eigenvalue weighted by molar-refractivity contribution is 5.93. The highest BCUT2D eigenvalue weighted by Gasteiger charge is 2.03. The van der Waals surface area contributed by atoms with Crippen molar-refractivity contribution < 1.29 is 26.7 Å². The first-order chi connectivity index (χ1) is 7.20. The van der Waals surface area contributed by atoms with Gasteiger partial charge in [-0.15, -0.1) is 0 Å². The topological polar surface area (TPSA) is 68.3 Å². The number of halogens is 1. The van der Waals surface area contributed by atoms with E-state index in [0.717, 1.165) is 0 Å². The van der Waals surface area contributed by atoms with Crippen LogP contribution >= 0.6 is 0 Å². The van der Waals surface area contributed by atoms with E-state index in [1.54, 1.807) is 18.3 Å². The highest BCUT2D eigenvalue weighted by Crippen LogP contribution is 1.94. The minimum Gasteiger partial charge on any atom is -1.00 e. The van der Waals surface area contributed by atoms with E-state index in [4.69, 9.17) is 0 Å². The van der Waals surface area contributed by atoms with Gasteiger partial charge in [-0.05, 0) is 12.1 Å². The molecule has 0 aliphatic rings. The molecule has 0 saturated heterocycles. The molecule has 0 aromatic carbocycles. The van der Waals surface area contributed by atoms with Crippen molar-refractivity contribution in [2.45, 2.75) is 6.92 Å². The maximum absolute atomic E-state index is 11.4. The zero-order valence-corrected chi connectivity index (χ0v) is 9.53. The van der Waals surface area contributed by atoms with Crippen molar-refractivity contribution in [2.24, 2.45) is 0 Å². The quantitative estimate of drug-likeness (QED) is 0.464. The number of carbonyl (C=O) groups is 2. The lowest BCUT2D eigenvalue weighted by Gasteiger charge is -2.04. The molecule has 5 nitrogen and oxygen atoms in total. The Kier molecular flexibility index (Phi) is 6.87. The molecule has 1 aromatic rings. The van der Waals surface area contributed by atoms with Crippen LogP contribution in [-0.2, 0) is 9.53 Å². The van der Waals surface area contributed by atoms with E-state index in [9.17, 15) is 9.59 Å². The molecule has 1 rings (SSSR count). The van der Waals surface area contributed by atoms with Crippen LogP contribution in [0.25, 0.3) is 0 Å². The Hall–Kier alpha value is -1.62. The first-order valence-electron chi connectivity index (χ1n) is 4.52. The van der Waals surface area contributed by atoms with Gasteiger partial charge in [0.1, 0.15) is 6.61 Å². The van der Waals surface area contributed by atoms with Gasteiger partial charge in [-0.2, -0.15) is 0 Å². The SMILES string of the molecule is CC(=O)OCCNC(=O)c1cccnc1.[Cl-]. The molecule has 1 heterocycles. The lowest BCUT2D eigenvalue weighted by molar-refractivity contribution is -0.140. The molecule has 6 heteroatoms. The van der Waals surface area contributed by atoms with Crippen LogP contribution in [0.2, 0.25) is 0 Å². The molecule has 16 heavy (non-hydrogen) atoms. The molecule has 1 aromatic heterocycles. The molecule has 1 amide bonds. The number of pyridine rings is 1. The third-order valence-corrected chi connectivity index (χ3v) is 1.62. The number of aromatic nitrogens is 1. The summed E-state index contributed by atoms with van der Waals surface area (Å²) < 4.78 is 4.66. The lowest BCUT2D eigenvalue weighted by Crippen LogP contribution is -3.00. The molecule has 0 saturated carbocycles. The number of hydrogen-bond acceptors (Lipinski definition) is 4. The molecule has 0 unspecified atom stereocenters. The second-order valence-electron chi connectivity index (χ2n) is 2.84. The third-order valence-electron chi connectivity index (χ3n) is 1.62. The average Bonchev–Trinajstić information content (AvgIpc) is 2.25. The van der Waals surface area contributed by atoms with Gasteiger partial charge in [0.05, 0.1) is 12.1 Å². The molecule has 0 spiro atoms. The summed E-state index contributed by atoms with van der Waals surface area (Å²) in [6.45, 7) is 1.80. The third kappa shape index (κ3) is 5.31. The normalized spacial score (nSPS) is 8.81. The van der Waals surface area contributed by atoms with Crippen LogP contribution in [0.4, 0.5) is 0 Å². The van der Waals surface area contributed by atoms with Gasteiger partial charge in [-0.3, -0.25) is 14.6 Å². The predicted molar refractivity (Wildman–Crippen MR) is 53.2 cm³/mol. The zero-order valence-electron chi connectivity index (χ0n) is 8.77. The van der Waals surface area contributed by atoms with Crippen LogP contribution in [0.3, 0.4) is 0 Å². The van der Waals surface area contributed by atoms with Gasteiger partial charge in [-0.1, -0.05) is 0 Å². The largest absolute Gasteiger partial charge is 1.00 e. The van der Waals surface area contributed by atoms with Gasteiger partial charge < -0.3 is 22.5 Å². The number of nitrogens with one attached hydrogen (secondary N) is 1. The minimum atomic E-state index is -0.356. The Morgan fingerprint density at radius 2 is 2.25 bits per heavy atom. The van der Waals surface area contributed by atoms with Crippen molar-refractivity contribution in [3.05, 3.63) is 30.1 Å². The van der Waals surface area contributed by atoms with Crippen LogP contribution in [0.1, 0.15) is 17.3 Å². The van der Waals surface area contributed by atoms with E-state index in [1.165, 1.54) is 13.1 Å². The van der Waals surface area contributed by atoms with Crippen molar-refractivity contribution in [3.63, 3.8) is 0 Å². The Balaban J connectivity index is 0.00000225. The smallest absolute Gasteiger partial charge is 0.302 e. The second kappa shape index (κ2) is 7.64. The van der Waals surface area contributed by atoms with Gasteiger partial charge in [0, 0.05) is 19.3 Å². The Morgan fingerprint density at radius 3 is 2.81 bits per heavy atom. The first kappa shape index (κ1) is 14.4. The summed E-state index contributed by atoms with van der Waals surface area (Å²) in [6, 6.07) is 3.34. The summed E-state index contributed by atoms with van der Waals surface area (Å²) in [5, 5.41) is 2.60. The minimum absolute atomic E-state index is 0. The molecule has 0 fully saturated rings. The number of esters is 1. The Bertz CT molecular complexity index is 343. The number of rotatable bonds is 4. The fourth-order valence-electron chi connectivity index (χ4n) is 0.958. The number of carbonyl (C=O) groups excluding carboxylic acids is 2. The van der Waals surface area contributed by atoms with Gasteiger partial charge in [0.15, 0.2) is 0 Å². The molecule has 0 atom stereocenters. The van der Waals surface area contributed by atoms with Gasteiger partial charge >= 0.3 is 5.97 Å². The molecule has 0 aliphatic carbocycles. The molecular weight excluding hydrogens is 232 g/mol. The molecular formula is C10H12ClN2O3-. The maximum Gasteiger partial charge on any atom is 0.302 e. The van der Waals surface area contributed by atoms with E-state index in [-0.39, 0.29) is 30.9 Å². The zero-order chi connectivity index (χ0) is 11.1. The summed E-state index contributed by atoms with van der Waals surface area (Å²) in [6.07, 6.45) is 3.07. The van der Waals surface area contributed by atoms with Crippen LogP contribution in [0, 0.1) is 0 Å². The standard InChI is InChI=1S/C10H12N2O3.ClH/c1-8(13)15-6-5-12-10(14)9-3-2-4-11-7-9;/h2-4,7H,5-6H2,1H3,(H,12,14);1H/p-1. The predicted octanol–water partition coefficient (Wildman–Crippen LogP) is -2.62. The molecule has 0 aliphatic heterocycles. The van der Waals surface area contributed by atoms with E-state index in [2.05, 4.69) is 15.0 Å². The van der Waals surface area contributed by atoms with Gasteiger partial charge in [0.2, 0.25) is 0 Å². The highest BCUT2D eigenvalue weighted by atomic mass is 35.5. The van der Waals surface area contributed by atoms with Crippen LogP contribution in [-0.4, -0.2) is 30.0 Å². The summed E-state index contributed by atoms with van der Waals surface area (Å²) in [5.74, 6) is -0.583. The Morgan fingerprint density at radius 1 is 1.50 bits per heavy atom. The summed E-state index contributed by atoms with van der Waals surface area (Å²) in [4.78, 5) is 25.6. The van der Waals surface area contributed by atoms with E-state index >= 15 is 0 Å². The average molecular weight is 244 g/mol. The van der Waals surface area contributed by atoms with Crippen molar-refractivity contribution in [1.29, 1.82) is 0 Å².